The predicted octanol–water partition coefficient (Wildman–Crippen LogP) is 2.30. The number of aromatic nitrogens is 1. The van der Waals surface area contributed by atoms with Crippen molar-refractivity contribution in [1.82, 2.24) is 4.98 Å². The fraction of sp³-hybridized carbons (Fsp3) is 0.438. The maximum Gasteiger partial charge on any atom is 0.165 e. The highest BCUT2D eigenvalue weighted by Gasteiger charge is 2.27. The van der Waals surface area contributed by atoms with Crippen molar-refractivity contribution in [3.05, 3.63) is 29.6 Å². The first-order valence-electron chi connectivity index (χ1n) is 6.76. The molecule has 0 amide bonds. The van der Waals surface area contributed by atoms with Crippen LogP contribution in [0.3, 0.4) is 0 Å². The Morgan fingerprint density at radius 3 is 2.90 bits per heavy atom. The number of hydrogen-bond donors (Lipinski definition) is 0. The first-order valence-corrected chi connectivity index (χ1v) is 9.34. The van der Waals surface area contributed by atoms with Crippen molar-refractivity contribution in [2.75, 3.05) is 19.1 Å². The molecule has 2 aliphatic rings. The van der Waals surface area contributed by atoms with Gasteiger partial charge >= 0.3 is 0 Å². The van der Waals surface area contributed by atoms with Gasteiger partial charge in [-0.25, -0.2) is 0 Å². The zero-order valence-corrected chi connectivity index (χ0v) is 12.6. The van der Waals surface area contributed by atoms with Gasteiger partial charge < -0.3 is 0 Å². The van der Waals surface area contributed by atoms with E-state index in [1.807, 2.05) is 12.1 Å². The summed E-state index contributed by atoms with van der Waals surface area (Å²) in [6.45, 7) is 0.810. The van der Waals surface area contributed by atoms with Crippen LogP contribution in [0.5, 0.6) is 0 Å². The number of carbonyl (C=O) groups is 1. The maximum absolute atomic E-state index is 12.1. The Balaban J connectivity index is 1.77. The standard InChI is InChI=1S/C16H18N2OS/c1-20(2)11-17-10-13(20)6-5-12-8-15-14(16(19)9-12)4-3-7-18-15/h3-4,7,11-13H,8-10H2,1-2H3. The number of ketones is 1. The van der Waals surface area contributed by atoms with Crippen LogP contribution in [0.4, 0.5) is 0 Å². The molecule has 0 N–H and O–H groups in total. The molecule has 0 saturated carbocycles. The Kier molecular flexibility index (Phi) is 3.39. The van der Waals surface area contributed by atoms with Crippen LogP contribution in [0.15, 0.2) is 23.3 Å². The Hall–Kier alpha value is -1.60. The second-order valence-electron chi connectivity index (χ2n) is 5.76. The third-order valence-electron chi connectivity index (χ3n) is 3.86. The number of fused-ring (bicyclic) bond motifs is 1. The highest BCUT2D eigenvalue weighted by Crippen LogP contribution is 2.45. The summed E-state index contributed by atoms with van der Waals surface area (Å²) in [6.07, 6.45) is 7.55. The Labute approximate surface area is 121 Å². The van der Waals surface area contributed by atoms with E-state index < -0.39 is 10.0 Å². The van der Waals surface area contributed by atoms with Gasteiger partial charge in [0.25, 0.3) is 0 Å². The molecule has 20 heavy (non-hydrogen) atoms. The summed E-state index contributed by atoms with van der Waals surface area (Å²) < 4.78 is 0. The van der Waals surface area contributed by atoms with Gasteiger partial charge in [-0.3, -0.25) is 14.8 Å². The molecule has 4 heteroatoms. The van der Waals surface area contributed by atoms with Gasteiger partial charge in [0.15, 0.2) is 5.78 Å². The molecule has 2 atom stereocenters. The van der Waals surface area contributed by atoms with Crippen LogP contribution >= 0.6 is 10.0 Å². The van der Waals surface area contributed by atoms with Crippen molar-refractivity contribution in [3.8, 4) is 11.8 Å². The fourth-order valence-corrected chi connectivity index (χ4v) is 4.06. The molecule has 0 fully saturated rings. The van der Waals surface area contributed by atoms with Crippen molar-refractivity contribution in [1.29, 1.82) is 0 Å². The van der Waals surface area contributed by atoms with Gasteiger partial charge in [-0.15, -0.1) is 0 Å². The summed E-state index contributed by atoms with van der Waals surface area (Å²) >= 11 is 0. The van der Waals surface area contributed by atoms with Crippen molar-refractivity contribution >= 4 is 21.4 Å². The van der Waals surface area contributed by atoms with E-state index >= 15 is 0 Å². The normalized spacial score (nSPS) is 28.4. The number of rotatable bonds is 0. The van der Waals surface area contributed by atoms with Gasteiger partial charge in [-0.05, 0) is 24.6 Å². The van der Waals surface area contributed by atoms with Crippen LogP contribution in [0.25, 0.3) is 0 Å². The number of nitrogens with zero attached hydrogens (tertiary/aromatic N) is 2. The lowest BCUT2D eigenvalue weighted by Gasteiger charge is -2.26. The first kappa shape index (κ1) is 13.4. The molecule has 104 valence electrons. The average molecular weight is 286 g/mol. The molecule has 0 bridgehead atoms. The number of Topliss-reactive ketones (excluding diaryl/α,β-unsaturated/α-hetero) is 1. The van der Waals surface area contributed by atoms with Gasteiger partial charge in [0.2, 0.25) is 0 Å². The van der Waals surface area contributed by atoms with Crippen LogP contribution in [0.2, 0.25) is 0 Å². The summed E-state index contributed by atoms with van der Waals surface area (Å²) in [7, 11) is -0.828. The van der Waals surface area contributed by atoms with E-state index in [4.69, 9.17) is 0 Å². The van der Waals surface area contributed by atoms with Gasteiger partial charge in [0, 0.05) is 36.1 Å². The number of hydrogen-bond acceptors (Lipinski definition) is 3. The summed E-state index contributed by atoms with van der Waals surface area (Å²) in [5, 5.41) is 0.350. The number of aliphatic imine (C=N–C) groups is 1. The number of pyridine rings is 1. The van der Waals surface area contributed by atoms with E-state index in [0.29, 0.717) is 11.7 Å². The average Bonchev–Trinajstić information content (AvgIpc) is 2.75. The molecular weight excluding hydrogens is 268 g/mol. The fourth-order valence-electron chi connectivity index (χ4n) is 2.60. The first-order chi connectivity index (χ1) is 9.56. The molecule has 0 radical (unpaired) electrons. The Bertz CT molecular complexity index is 639. The van der Waals surface area contributed by atoms with Gasteiger partial charge in [-0.1, -0.05) is 11.8 Å². The van der Waals surface area contributed by atoms with E-state index in [0.717, 1.165) is 24.2 Å². The zero-order chi connectivity index (χ0) is 14.2. The van der Waals surface area contributed by atoms with E-state index in [-0.39, 0.29) is 11.7 Å². The molecule has 0 aromatic carbocycles. The minimum Gasteiger partial charge on any atom is -0.294 e. The maximum atomic E-state index is 12.1. The highest BCUT2D eigenvalue weighted by atomic mass is 32.3. The van der Waals surface area contributed by atoms with Crippen LogP contribution in [-0.4, -0.2) is 40.6 Å². The number of carbonyl (C=O) groups excluding carboxylic acids is 1. The smallest absolute Gasteiger partial charge is 0.165 e. The molecule has 1 aliphatic heterocycles. The molecule has 0 spiro atoms. The summed E-state index contributed by atoms with van der Waals surface area (Å²) in [5.41, 5.74) is 3.76. The van der Waals surface area contributed by atoms with Crippen molar-refractivity contribution < 1.29 is 4.79 Å². The minimum atomic E-state index is -0.828. The van der Waals surface area contributed by atoms with E-state index in [9.17, 15) is 4.79 Å². The van der Waals surface area contributed by atoms with Gasteiger partial charge in [-0.2, -0.15) is 10.0 Å². The van der Waals surface area contributed by atoms with Gasteiger partial charge in [0.05, 0.1) is 17.5 Å². The van der Waals surface area contributed by atoms with Crippen LogP contribution < -0.4 is 0 Å². The Morgan fingerprint density at radius 2 is 2.15 bits per heavy atom. The molecule has 1 aliphatic carbocycles. The second-order valence-corrected chi connectivity index (χ2v) is 9.52. The highest BCUT2D eigenvalue weighted by molar-refractivity contribution is 8.43. The second kappa shape index (κ2) is 5.06. The SMILES string of the molecule is CS1(C)C=NCC1C#CC1CC(=O)c2cccnc2C1. The topological polar surface area (TPSA) is 42.3 Å². The summed E-state index contributed by atoms with van der Waals surface area (Å²) in [4.78, 5) is 20.8. The third-order valence-corrected chi connectivity index (χ3v) is 6.29. The molecule has 1 aromatic rings. The van der Waals surface area contributed by atoms with Crippen LogP contribution in [0.1, 0.15) is 22.5 Å². The molecule has 3 nitrogen and oxygen atoms in total. The minimum absolute atomic E-state index is 0.112. The van der Waals surface area contributed by atoms with Crippen LogP contribution in [-0.2, 0) is 6.42 Å². The van der Waals surface area contributed by atoms with E-state index in [1.54, 1.807) is 6.20 Å². The van der Waals surface area contributed by atoms with Crippen molar-refractivity contribution in [2.45, 2.75) is 18.1 Å². The molecule has 3 rings (SSSR count). The van der Waals surface area contributed by atoms with Gasteiger partial charge in [0.1, 0.15) is 0 Å². The lowest BCUT2D eigenvalue weighted by Crippen LogP contribution is -2.21. The van der Waals surface area contributed by atoms with Crippen LogP contribution in [0, 0.1) is 17.8 Å². The summed E-state index contributed by atoms with van der Waals surface area (Å²) in [5.74, 6) is 6.98. The lowest BCUT2D eigenvalue weighted by atomic mass is 9.86. The summed E-state index contributed by atoms with van der Waals surface area (Å²) in [6, 6.07) is 3.69. The molecule has 2 heterocycles. The van der Waals surface area contributed by atoms with Crippen molar-refractivity contribution in [3.63, 3.8) is 0 Å². The largest absolute Gasteiger partial charge is 0.294 e. The lowest BCUT2D eigenvalue weighted by molar-refractivity contribution is 0.0959. The van der Waals surface area contributed by atoms with E-state index in [2.05, 4.69) is 39.9 Å². The molecular formula is C16H18N2OS. The monoisotopic (exact) mass is 286 g/mol. The van der Waals surface area contributed by atoms with E-state index in [1.165, 1.54) is 0 Å². The molecule has 0 saturated heterocycles. The predicted molar refractivity (Wildman–Crippen MR) is 84.7 cm³/mol. The van der Waals surface area contributed by atoms with Crippen molar-refractivity contribution in [2.24, 2.45) is 10.9 Å². The molecule has 2 unspecified atom stereocenters. The quantitative estimate of drug-likeness (QED) is 0.687. The Morgan fingerprint density at radius 1 is 1.30 bits per heavy atom. The third kappa shape index (κ3) is 2.51. The molecule has 1 aromatic heterocycles. The zero-order valence-electron chi connectivity index (χ0n) is 11.8.